The average molecular weight is 175 g/mol. The zero-order chi connectivity index (χ0) is 9.26. The maximum atomic E-state index is 9.49. The maximum Gasteiger partial charge on any atom is 0.190 e. The topological polar surface area (TPSA) is 59.4 Å². The Bertz CT molecular complexity index is 420. The molecule has 0 aliphatic heterocycles. The van der Waals surface area contributed by atoms with Gasteiger partial charge in [0.2, 0.25) is 0 Å². The lowest BCUT2D eigenvalue weighted by Crippen LogP contribution is -1.77. The van der Waals surface area contributed by atoms with Crippen molar-refractivity contribution in [2.45, 2.75) is 0 Å². The first-order valence-corrected chi connectivity index (χ1v) is 3.90. The number of phenols is 1. The Morgan fingerprint density at radius 1 is 1.23 bits per heavy atom. The summed E-state index contributed by atoms with van der Waals surface area (Å²) in [6.07, 6.45) is 1.52. The molecule has 0 spiro atoms. The molecule has 1 aromatic heterocycles. The summed E-state index contributed by atoms with van der Waals surface area (Å²) in [6.45, 7) is 0. The number of furan rings is 1. The summed E-state index contributed by atoms with van der Waals surface area (Å²) in [7, 11) is 0. The molecule has 0 bridgehead atoms. The third-order valence-corrected chi connectivity index (χ3v) is 1.83. The SMILES string of the molecule is Nc1cc(-c2ccccc2O)co1. The normalized spacial score (nSPS) is 10.2. The largest absolute Gasteiger partial charge is 0.507 e. The minimum absolute atomic E-state index is 0.225. The second-order valence-electron chi connectivity index (χ2n) is 2.75. The van der Waals surface area contributed by atoms with Crippen molar-refractivity contribution < 1.29 is 9.52 Å². The number of rotatable bonds is 1. The number of hydrogen-bond acceptors (Lipinski definition) is 3. The van der Waals surface area contributed by atoms with Crippen LogP contribution in [-0.2, 0) is 0 Å². The highest BCUT2D eigenvalue weighted by atomic mass is 16.3. The van der Waals surface area contributed by atoms with Crippen molar-refractivity contribution in [2.24, 2.45) is 0 Å². The molecular weight excluding hydrogens is 166 g/mol. The highest BCUT2D eigenvalue weighted by molar-refractivity contribution is 5.70. The second kappa shape index (κ2) is 2.86. The molecule has 2 aromatic rings. The van der Waals surface area contributed by atoms with Gasteiger partial charge in [-0.15, -0.1) is 0 Å². The van der Waals surface area contributed by atoms with Gasteiger partial charge in [-0.3, -0.25) is 0 Å². The van der Waals surface area contributed by atoms with Crippen LogP contribution in [0.2, 0.25) is 0 Å². The predicted octanol–water partition coefficient (Wildman–Crippen LogP) is 2.23. The van der Waals surface area contributed by atoms with Gasteiger partial charge >= 0.3 is 0 Å². The first-order valence-electron chi connectivity index (χ1n) is 3.90. The fourth-order valence-electron chi connectivity index (χ4n) is 1.21. The molecule has 1 aromatic carbocycles. The molecule has 1 heterocycles. The molecule has 0 aliphatic carbocycles. The van der Waals surface area contributed by atoms with E-state index in [9.17, 15) is 5.11 Å². The predicted molar refractivity (Wildman–Crippen MR) is 50.2 cm³/mol. The van der Waals surface area contributed by atoms with E-state index < -0.39 is 0 Å². The minimum Gasteiger partial charge on any atom is -0.507 e. The van der Waals surface area contributed by atoms with E-state index in [1.165, 1.54) is 6.26 Å². The van der Waals surface area contributed by atoms with Crippen molar-refractivity contribution in [3.8, 4) is 16.9 Å². The molecule has 3 N–H and O–H groups in total. The Labute approximate surface area is 75.4 Å². The average Bonchev–Trinajstić information content (AvgIpc) is 2.53. The Morgan fingerprint density at radius 3 is 2.62 bits per heavy atom. The van der Waals surface area contributed by atoms with Gasteiger partial charge in [-0.25, -0.2) is 0 Å². The van der Waals surface area contributed by atoms with E-state index in [2.05, 4.69) is 0 Å². The molecule has 0 aliphatic rings. The Hall–Kier alpha value is -1.90. The lowest BCUT2D eigenvalue weighted by molar-refractivity contribution is 0.477. The molecule has 0 radical (unpaired) electrons. The van der Waals surface area contributed by atoms with Crippen LogP contribution >= 0.6 is 0 Å². The van der Waals surface area contributed by atoms with E-state index in [4.69, 9.17) is 10.2 Å². The van der Waals surface area contributed by atoms with Crippen LogP contribution in [0.1, 0.15) is 0 Å². The molecule has 3 heteroatoms. The van der Waals surface area contributed by atoms with Crippen molar-refractivity contribution in [1.29, 1.82) is 0 Å². The van der Waals surface area contributed by atoms with Gasteiger partial charge in [-0.2, -0.15) is 0 Å². The number of aromatic hydroxyl groups is 1. The van der Waals surface area contributed by atoms with Gasteiger partial charge in [0.05, 0.1) is 0 Å². The second-order valence-corrected chi connectivity index (χ2v) is 2.75. The van der Waals surface area contributed by atoms with E-state index in [-0.39, 0.29) is 5.75 Å². The minimum atomic E-state index is 0.225. The summed E-state index contributed by atoms with van der Waals surface area (Å²) in [6, 6.07) is 8.72. The molecule has 0 atom stereocenters. The molecule has 13 heavy (non-hydrogen) atoms. The third-order valence-electron chi connectivity index (χ3n) is 1.83. The van der Waals surface area contributed by atoms with Gasteiger partial charge in [-0.1, -0.05) is 18.2 Å². The molecule has 3 nitrogen and oxygen atoms in total. The summed E-state index contributed by atoms with van der Waals surface area (Å²) in [5.74, 6) is 0.571. The Balaban J connectivity index is 2.52. The van der Waals surface area contributed by atoms with Gasteiger partial charge in [0.1, 0.15) is 12.0 Å². The zero-order valence-electron chi connectivity index (χ0n) is 6.90. The van der Waals surface area contributed by atoms with Crippen LogP contribution in [0.5, 0.6) is 5.75 Å². The van der Waals surface area contributed by atoms with Crippen LogP contribution in [0.15, 0.2) is 41.0 Å². The van der Waals surface area contributed by atoms with E-state index >= 15 is 0 Å². The number of phenolic OH excluding ortho intramolecular Hbond substituents is 1. The number of benzene rings is 1. The van der Waals surface area contributed by atoms with E-state index in [1.807, 2.05) is 6.07 Å². The quantitative estimate of drug-likeness (QED) is 0.698. The fraction of sp³-hybridized carbons (Fsp3) is 0. The summed E-state index contributed by atoms with van der Waals surface area (Å²) in [4.78, 5) is 0. The van der Waals surface area contributed by atoms with Crippen molar-refractivity contribution in [2.75, 3.05) is 5.73 Å². The molecular formula is C10H9NO2. The number of hydrogen-bond donors (Lipinski definition) is 2. The summed E-state index contributed by atoms with van der Waals surface area (Å²) < 4.78 is 4.94. The van der Waals surface area contributed by atoms with E-state index in [0.717, 1.165) is 11.1 Å². The molecule has 0 saturated heterocycles. The summed E-state index contributed by atoms with van der Waals surface area (Å²) >= 11 is 0. The van der Waals surface area contributed by atoms with E-state index in [0.29, 0.717) is 5.88 Å². The number of anilines is 1. The molecule has 0 amide bonds. The van der Waals surface area contributed by atoms with Gasteiger partial charge in [-0.05, 0) is 6.07 Å². The lowest BCUT2D eigenvalue weighted by Gasteiger charge is -1.98. The monoisotopic (exact) mass is 175 g/mol. The number of nitrogens with two attached hydrogens (primary N) is 1. The van der Waals surface area contributed by atoms with Crippen LogP contribution in [0.4, 0.5) is 5.88 Å². The number of para-hydroxylation sites is 1. The van der Waals surface area contributed by atoms with Crippen molar-refractivity contribution >= 4 is 5.88 Å². The third kappa shape index (κ3) is 1.36. The first kappa shape index (κ1) is 7.73. The van der Waals surface area contributed by atoms with Crippen LogP contribution in [0, 0.1) is 0 Å². The van der Waals surface area contributed by atoms with Gasteiger partial charge in [0, 0.05) is 17.2 Å². The zero-order valence-corrected chi connectivity index (χ0v) is 6.90. The fourth-order valence-corrected chi connectivity index (χ4v) is 1.21. The van der Waals surface area contributed by atoms with Crippen LogP contribution < -0.4 is 5.73 Å². The van der Waals surface area contributed by atoms with Crippen molar-refractivity contribution in [3.05, 3.63) is 36.6 Å². The smallest absolute Gasteiger partial charge is 0.190 e. The summed E-state index contributed by atoms with van der Waals surface area (Å²) in [5, 5.41) is 9.49. The van der Waals surface area contributed by atoms with Crippen LogP contribution in [-0.4, -0.2) is 5.11 Å². The standard InChI is InChI=1S/C10H9NO2/c11-10-5-7(6-13-10)8-3-1-2-4-9(8)12/h1-6,12H,11H2. The first-order chi connectivity index (χ1) is 6.27. The van der Waals surface area contributed by atoms with Crippen LogP contribution in [0.25, 0.3) is 11.1 Å². The van der Waals surface area contributed by atoms with Crippen LogP contribution in [0.3, 0.4) is 0 Å². The Morgan fingerprint density at radius 2 is 2.00 bits per heavy atom. The molecule has 0 saturated carbocycles. The van der Waals surface area contributed by atoms with Crippen molar-refractivity contribution in [1.82, 2.24) is 0 Å². The van der Waals surface area contributed by atoms with Gasteiger partial charge < -0.3 is 15.3 Å². The highest BCUT2D eigenvalue weighted by Gasteiger charge is 2.05. The molecule has 0 unspecified atom stereocenters. The molecule has 0 fully saturated rings. The van der Waals surface area contributed by atoms with Gasteiger partial charge in [0.15, 0.2) is 5.88 Å². The molecule has 66 valence electrons. The summed E-state index contributed by atoms with van der Waals surface area (Å²) in [5.41, 5.74) is 6.93. The van der Waals surface area contributed by atoms with Gasteiger partial charge in [0.25, 0.3) is 0 Å². The Kier molecular flexibility index (Phi) is 1.70. The van der Waals surface area contributed by atoms with E-state index in [1.54, 1.807) is 24.3 Å². The van der Waals surface area contributed by atoms with Crippen molar-refractivity contribution in [3.63, 3.8) is 0 Å². The highest BCUT2D eigenvalue weighted by Crippen LogP contribution is 2.30. The maximum absolute atomic E-state index is 9.49. The number of nitrogen functional groups attached to an aromatic ring is 1. The molecule has 2 rings (SSSR count). The lowest BCUT2D eigenvalue weighted by atomic mass is 10.1.